The predicted molar refractivity (Wildman–Crippen MR) is 99.6 cm³/mol. The number of carbonyl (C=O) groups excluding carboxylic acids is 5. The molecule has 1 aliphatic rings. The molecule has 148 valence electrons. The maximum atomic E-state index is 12.8. The Morgan fingerprint density at radius 1 is 0.931 bits per heavy atom. The zero-order chi connectivity index (χ0) is 21.0. The number of urea groups is 1. The van der Waals surface area contributed by atoms with Crippen LogP contribution in [0.25, 0.3) is 0 Å². The van der Waals surface area contributed by atoms with Gasteiger partial charge in [-0.15, -0.1) is 0 Å². The van der Waals surface area contributed by atoms with Crippen molar-refractivity contribution in [3.05, 3.63) is 71.3 Å². The van der Waals surface area contributed by atoms with Gasteiger partial charge in [-0.3, -0.25) is 24.6 Å². The molecule has 1 heterocycles. The second kappa shape index (κ2) is 8.34. The highest BCUT2D eigenvalue weighted by Crippen LogP contribution is 2.26. The van der Waals surface area contributed by atoms with Gasteiger partial charge in [0.05, 0.1) is 11.1 Å². The van der Waals surface area contributed by atoms with Crippen LogP contribution in [0, 0.1) is 0 Å². The third-order valence-corrected chi connectivity index (χ3v) is 4.29. The fourth-order valence-corrected chi connectivity index (χ4v) is 3.01. The molecule has 0 aliphatic carbocycles. The van der Waals surface area contributed by atoms with Crippen molar-refractivity contribution in [2.75, 3.05) is 6.61 Å². The fourth-order valence-electron chi connectivity index (χ4n) is 3.01. The predicted octanol–water partition coefficient (Wildman–Crippen LogP) is 0.632. The molecule has 0 aromatic heterocycles. The second-order valence-electron chi connectivity index (χ2n) is 6.25. The van der Waals surface area contributed by atoms with E-state index in [4.69, 9.17) is 10.5 Å². The molecule has 5 amide bonds. The number of hydrogen-bond donors (Lipinski definition) is 2. The smallest absolute Gasteiger partial charge is 0.330 e. The average Bonchev–Trinajstić information content (AvgIpc) is 2.95. The third kappa shape index (κ3) is 4.29. The van der Waals surface area contributed by atoms with E-state index in [1.54, 1.807) is 47.8 Å². The number of benzene rings is 2. The number of nitrogens with zero attached hydrogens (tertiary/aromatic N) is 1. The minimum atomic E-state index is -1.29. The fraction of sp³-hybridized carbons (Fsp3) is 0.150. The summed E-state index contributed by atoms with van der Waals surface area (Å²) in [5.41, 5.74) is 5.90. The topological polar surface area (TPSA) is 136 Å². The highest BCUT2D eigenvalue weighted by Gasteiger charge is 2.43. The van der Waals surface area contributed by atoms with Crippen LogP contribution in [0.3, 0.4) is 0 Å². The van der Waals surface area contributed by atoms with Gasteiger partial charge in [-0.25, -0.2) is 9.59 Å². The second-order valence-corrected chi connectivity index (χ2v) is 6.25. The van der Waals surface area contributed by atoms with Crippen molar-refractivity contribution >= 4 is 29.7 Å². The summed E-state index contributed by atoms with van der Waals surface area (Å²) in [4.78, 5) is 61.3. The lowest BCUT2D eigenvalue weighted by atomic mass is 10.0. The lowest BCUT2D eigenvalue weighted by Crippen LogP contribution is -2.48. The average molecular weight is 395 g/mol. The molecular formula is C20H17N3O6. The van der Waals surface area contributed by atoms with E-state index in [2.05, 4.69) is 0 Å². The van der Waals surface area contributed by atoms with Crippen molar-refractivity contribution in [3.8, 4) is 0 Å². The molecule has 1 aliphatic heterocycles. The lowest BCUT2D eigenvalue weighted by Gasteiger charge is -2.24. The minimum Gasteiger partial charge on any atom is -0.454 e. The molecule has 29 heavy (non-hydrogen) atoms. The van der Waals surface area contributed by atoms with E-state index < -0.39 is 42.4 Å². The molecular weight excluding hydrogens is 378 g/mol. The van der Waals surface area contributed by atoms with Gasteiger partial charge < -0.3 is 10.5 Å². The monoisotopic (exact) mass is 395 g/mol. The first-order chi connectivity index (χ1) is 13.9. The normalized spacial score (nSPS) is 13.6. The van der Waals surface area contributed by atoms with Gasteiger partial charge in [-0.1, -0.05) is 42.5 Å². The van der Waals surface area contributed by atoms with Gasteiger partial charge in [0.15, 0.2) is 6.61 Å². The number of hydrogen-bond acceptors (Lipinski definition) is 6. The molecule has 0 saturated heterocycles. The lowest BCUT2D eigenvalue weighted by molar-refractivity contribution is -0.152. The van der Waals surface area contributed by atoms with Gasteiger partial charge in [0.2, 0.25) is 0 Å². The highest BCUT2D eigenvalue weighted by atomic mass is 16.5. The van der Waals surface area contributed by atoms with Gasteiger partial charge >= 0.3 is 12.0 Å². The SMILES string of the molecule is NC(=O)NC(=O)COC(=O)[C@H](Cc1ccccc1)N1C(=O)c2ccccc2C1=O. The third-order valence-electron chi connectivity index (χ3n) is 4.29. The number of carbonyl (C=O) groups is 5. The molecule has 0 saturated carbocycles. The Hall–Kier alpha value is -4.01. The Bertz CT molecular complexity index is 954. The zero-order valence-corrected chi connectivity index (χ0v) is 15.2. The van der Waals surface area contributed by atoms with Gasteiger partial charge in [0.25, 0.3) is 17.7 Å². The van der Waals surface area contributed by atoms with Gasteiger partial charge in [0.1, 0.15) is 6.04 Å². The molecule has 9 nitrogen and oxygen atoms in total. The largest absolute Gasteiger partial charge is 0.454 e. The van der Waals surface area contributed by atoms with Crippen molar-refractivity contribution in [2.45, 2.75) is 12.5 Å². The maximum absolute atomic E-state index is 12.8. The summed E-state index contributed by atoms with van der Waals surface area (Å²) in [5, 5.41) is 1.76. The Labute approximate surface area is 165 Å². The quantitative estimate of drug-likeness (QED) is 0.544. The van der Waals surface area contributed by atoms with Crippen molar-refractivity contribution in [3.63, 3.8) is 0 Å². The number of amides is 5. The number of fused-ring (bicyclic) bond motifs is 1. The Morgan fingerprint density at radius 3 is 2.03 bits per heavy atom. The number of rotatable bonds is 6. The Morgan fingerprint density at radius 2 is 1.48 bits per heavy atom. The van der Waals surface area contributed by atoms with E-state index in [0.29, 0.717) is 5.56 Å². The molecule has 0 bridgehead atoms. The number of imide groups is 2. The molecule has 2 aromatic rings. The maximum Gasteiger partial charge on any atom is 0.330 e. The summed E-state index contributed by atoms with van der Waals surface area (Å²) >= 11 is 0. The van der Waals surface area contributed by atoms with Gasteiger partial charge in [0, 0.05) is 6.42 Å². The molecule has 3 rings (SSSR count). The van der Waals surface area contributed by atoms with E-state index in [9.17, 15) is 24.0 Å². The Kier molecular flexibility index (Phi) is 5.68. The summed E-state index contributed by atoms with van der Waals surface area (Å²) in [6.07, 6.45) is 0.00256. The minimum absolute atomic E-state index is 0.00256. The summed E-state index contributed by atoms with van der Waals surface area (Å²) in [7, 11) is 0. The molecule has 0 unspecified atom stereocenters. The van der Waals surface area contributed by atoms with Crippen molar-refractivity contribution in [2.24, 2.45) is 5.73 Å². The van der Waals surface area contributed by atoms with E-state index in [0.717, 1.165) is 4.90 Å². The van der Waals surface area contributed by atoms with Crippen LogP contribution in [0.4, 0.5) is 4.79 Å². The summed E-state index contributed by atoms with van der Waals surface area (Å²) in [6.45, 7) is -0.782. The molecule has 0 fully saturated rings. The van der Waals surface area contributed by atoms with Crippen LogP contribution in [0.1, 0.15) is 26.3 Å². The number of nitrogens with two attached hydrogens (primary N) is 1. The number of nitrogens with one attached hydrogen (secondary N) is 1. The first-order valence-corrected chi connectivity index (χ1v) is 8.65. The molecule has 3 N–H and O–H groups in total. The van der Waals surface area contributed by atoms with Crippen LogP contribution in [0.2, 0.25) is 0 Å². The zero-order valence-electron chi connectivity index (χ0n) is 15.2. The standard InChI is InChI=1S/C20H17N3O6/c21-20(28)22-16(24)11-29-19(27)15(10-12-6-2-1-3-7-12)23-17(25)13-8-4-5-9-14(13)18(23)26/h1-9,15H,10-11H2,(H3,21,22,24,28)/t15-/m0/s1. The molecule has 0 radical (unpaired) electrons. The summed E-state index contributed by atoms with van der Waals surface area (Å²) < 4.78 is 4.94. The number of primary amides is 1. The van der Waals surface area contributed by atoms with E-state index >= 15 is 0 Å². The van der Waals surface area contributed by atoms with Crippen LogP contribution >= 0.6 is 0 Å². The van der Waals surface area contributed by atoms with Crippen molar-refractivity contribution in [1.29, 1.82) is 0 Å². The van der Waals surface area contributed by atoms with Crippen molar-refractivity contribution < 1.29 is 28.7 Å². The number of ether oxygens (including phenoxy) is 1. The Balaban J connectivity index is 1.85. The van der Waals surface area contributed by atoms with Crippen LogP contribution < -0.4 is 11.1 Å². The molecule has 2 aromatic carbocycles. The van der Waals surface area contributed by atoms with E-state index in [1.165, 1.54) is 12.1 Å². The van der Waals surface area contributed by atoms with Gasteiger partial charge in [-0.05, 0) is 17.7 Å². The van der Waals surface area contributed by atoms with Crippen LogP contribution in [0.15, 0.2) is 54.6 Å². The first kappa shape index (κ1) is 19.7. The molecule has 1 atom stereocenters. The first-order valence-electron chi connectivity index (χ1n) is 8.65. The van der Waals surface area contributed by atoms with E-state index in [1.807, 2.05) is 0 Å². The highest BCUT2D eigenvalue weighted by molar-refractivity contribution is 6.22. The number of esters is 1. The van der Waals surface area contributed by atoms with Crippen molar-refractivity contribution in [1.82, 2.24) is 10.2 Å². The van der Waals surface area contributed by atoms with Crippen LogP contribution in [0.5, 0.6) is 0 Å². The van der Waals surface area contributed by atoms with E-state index in [-0.39, 0.29) is 17.5 Å². The molecule has 9 heteroatoms. The van der Waals surface area contributed by atoms with Crippen LogP contribution in [-0.4, -0.2) is 47.3 Å². The summed E-state index contributed by atoms with van der Waals surface area (Å²) in [5.74, 6) is -3.12. The van der Waals surface area contributed by atoms with Crippen LogP contribution in [-0.2, 0) is 20.7 Å². The molecule has 0 spiro atoms. The summed E-state index contributed by atoms with van der Waals surface area (Å²) in [6, 6.07) is 12.6. The van der Waals surface area contributed by atoms with Gasteiger partial charge in [-0.2, -0.15) is 0 Å².